The Bertz CT molecular complexity index is 805. The van der Waals surface area contributed by atoms with Gasteiger partial charge >= 0.3 is 0 Å². The molecule has 0 atom stereocenters. The Morgan fingerprint density at radius 1 is 1.07 bits per heavy atom. The molecule has 1 saturated heterocycles. The summed E-state index contributed by atoms with van der Waals surface area (Å²) in [5, 5.41) is 2.65. The Morgan fingerprint density at radius 3 is 2.50 bits per heavy atom. The number of anilines is 1. The number of amides is 1. The zero-order valence-electron chi connectivity index (χ0n) is 15.8. The van der Waals surface area contributed by atoms with Gasteiger partial charge < -0.3 is 10.2 Å². The van der Waals surface area contributed by atoms with Crippen LogP contribution in [-0.2, 0) is 4.79 Å². The van der Waals surface area contributed by atoms with Gasteiger partial charge in [0.15, 0.2) is 0 Å². The van der Waals surface area contributed by atoms with Gasteiger partial charge in [-0.15, -0.1) is 0 Å². The van der Waals surface area contributed by atoms with E-state index in [1.165, 1.54) is 11.6 Å². The predicted octanol–water partition coefficient (Wildman–Crippen LogP) is 4.25. The van der Waals surface area contributed by atoms with Crippen molar-refractivity contribution in [1.82, 2.24) is 9.80 Å². The highest BCUT2D eigenvalue weighted by molar-refractivity contribution is 9.10. The zero-order valence-corrected chi connectivity index (χ0v) is 17.4. The Morgan fingerprint density at radius 2 is 1.79 bits per heavy atom. The van der Waals surface area contributed by atoms with Crippen molar-refractivity contribution in [2.24, 2.45) is 0 Å². The quantitative estimate of drug-likeness (QED) is 0.691. The largest absolute Gasteiger partial charge is 0.324 e. The Labute approximate surface area is 174 Å². The number of hydrogen-bond donors (Lipinski definition) is 1. The Kier molecular flexibility index (Phi) is 7.77. The summed E-state index contributed by atoms with van der Waals surface area (Å²) in [5.74, 6) is -0.589. The van der Waals surface area contributed by atoms with E-state index in [2.05, 4.69) is 55.3 Å². The van der Waals surface area contributed by atoms with Crippen molar-refractivity contribution in [2.75, 3.05) is 44.6 Å². The molecule has 1 aliphatic heterocycles. The number of carbonyl (C=O) groups is 1. The summed E-state index contributed by atoms with van der Waals surface area (Å²) in [6, 6.07) is 14.9. The van der Waals surface area contributed by atoms with E-state index in [1.807, 2.05) is 18.2 Å². The Hall–Kier alpha value is -2.02. The van der Waals surface area contributed by atoms with Gasteiger partial charge in [-0.3, -0.25) is 9.69 Å². The van der Waals surface area contributed by atoms with Crippen LogP contribution in [0, 0.1) is 5.82 Å². The maximum atomic E-state index is 13.8. The number of nitrogens with zero attached hydrogens (tertiary/aromatic N) is 2. The second-order valence-electron chi connectivity index (χ2n) is 6.88. The SMILES string of the molecule is O=C(CCN1CCN(C/C=C/c2ccccc2)CC1)Nc1ccc(Br)cc1F. The minimum Gasteiger partial charge on any atom is -0.324 e. The predicted molar refractivity (Wildman–Crippen MR) is 116 cm³/mol. The highest BCUT2D eigenvalue weighted by atomic mass is 79.9. The first-order chi connectivity index (χ1) is 13.6. The van der Waals surface area contributed by atoms with Gasteiger partial charge in [-0.2, -0.15) is 0 Å². The monoisotopic (exact) mass is 445 g/mol. The molecule has 3 rings (SSSR count). The van der Waals surface area contributed by atoms with E-state index in [9.17, 15) is 9.18 Å². The maximum absolute atomic E-state index is 13.8. The van der Waals surface area contributed by atoms with E-state index in [-0.39, 0.29) is 11.6 Å². The van der Waals surface area contributed by atoms with Crippen LogP contribution in [0.25, 0.3) is 6.08 Å². The number of rotatable bonds is 7. The fourth-order valence-electron chi connectivity index (χ4n) is 3.16. The van der Waals surface area contributed by atoms with E-state index < -0.39 is 5.82 Å². The molecule has 0 bridgehead atoms. The number of halogens is 2. The third-order valence-corrected chi connectivity index (χ3v) is 5.29. The van der Waals surface area contributed by atoms with Crippen molar-refractivity contribution in [3.8, 4) is 0 Å². The summed E-state index contributed by atoms with van der Waals surface area (Å²) in [5.41, 5.74) is 1.44. The minimum atomic E-state index is -0.431. The Balaban J connectivity index is 1.35. The van der Waals surface area contributed by atoms with Gasteiger partial charge in [0.05, 0.1) is 5.69 Å². The summed E-state index contributed by atoms with van der Waals surface area (Å²) < 4.78 is 14.4. The summed E-state index contributed by atoms with van der Waals surface area (Å²) in [6.07, 6.45) is 4.71. The van der Waals surface area contributed by atoms with E-state index in [4.69, 9.17) is 0 Å². The molecule has 4 nitrogen and oxygen atoms in total. The molecule has 1 fully saturated rings. The standard InChI is InChI=1S/C22H25BrFN3O/c23-19-8-9-21(20(24)17-19)25-22(28)10-12-27-15-13-26(14-16-27)11-4-7-18-5-2-1-3-6-18/h1-9,17H,10-16H2,(H,25,28)/b7-4+. The lowest BCUT2D eigenvalue weighted by Gasteiger charge is -2.34. The van der Waals surface area contributed by atoms with Crippen LogP contribution >= 0.6 is 15.9 Å². The molecule has 0 aliphatic carbocycles. The summed E-state index contributed by atoms with van der Waals surface area (Å²) in [4.78, 5) is 16.8. The van der Waals surface area contributed by atoms with Crippen molar-refractivity contribution >= 4 is 33.6 Å². The van der Waals surface area contributed by atoms with E-state index in [1.54, 1.807) is 12.1 Å². The molecule has 0 spiro atoms. The second kappa shape index (κ2) is 10.5. The van der Waals surface area contributed by atoms with Crippen molar-refractivity contribution in [2.45, 2.75) is 6.42 Å². The van der Waals surface area contributed by atoms with Gasteiger partial charge in [0.25, 0.3) is 0 Å². The highest BCUT2D eigenvalue weighted by Crippen LogP contribution is 2.19. The third kappa shape index (κ3) is 6.55. The second-order valence-corrected chi connectivity index (χ2v) is 7.79. The van der Waals surface area contributed by atoms with Crippen molar-refractivity contribution in [3.63, 3.8) is 0 Å². The number of nitrogens with one attached hydrogen (secondary N) is 1. The molecule has 6 heteroatoms. The van der Waals surface area contributed by atoms with Crippen LogP contribution in [0.4, 0.5) is 10.1 Å². The summed E-state index contributed by atoms with van der Waals surface area (Å²) >= 11 is 3.21. The number of hydrogen-bond acceptors (Lipinski definition) is 3. The number of carbonyl (C=O) groups excluding carboxylic acids is 1. The van der Waals surface area contributed by atoms with Gasteiger partial charge in [0.1, 0.15) is 5.82 Å². The van der Waals surface area contributed by atoms with Crippen LogP contribution in [-0.4, -0.2) is 55.0 Å². The molecule has 2 aromatic carbocycles. The van der Waals surface area contributed by atoms with E-state index in [0.717, 1.165) is 32.7 Å². The lowest BCUT2D eigenvalue weighted by molar-refractivity contribution is -0.116. The van der Waals surface area contributed by atoms with Gasteiger partial charge in [-0.05, 0) is 23.8 Å². The lowest BCUT2D eigenvalue weighted by Crippen LogP contribution is -2.46. The van der Waals surface area contributed by atoms with Gasteiger partial charge in [-0.1, -0.05) is 58.4 Å². The normalized spacial score (nSPS) is 15.8. The fourth-order valence-corrected chi connectivity index (χ4v) is 3.49. The lowest BCUT2D eigenvalue weighted by atomic mass is 10.2. The van der Waals surface area contributed by atoms with Crippen LogP contribution in [0.3, 0.4) is 0 Å². The van der Waals surface area contributed by atoms with Crippen molar-refractivity contribution in [1.29, 1.82) is 0 Å². The first-order valence-electron chi connectivity index (χ1n) is 9.51. The first kappa shape index (κ1) is 20.7. The molecular formula is C22H25BrFN3O. The summed E-state index contributed by atoms with van der Waals surface area (Å²) in [6.45, 7) is 5.49. The van der Waals surface area contributed by atoms with Gasteiger partial charge in [0, 0.05) is 50.2 Å². The van der Waals surface area contributed by atoms with Gasteiger partial charge in [-0.25, -0.2) is 4.39 Å². The molecule has 0 unspecified atom stereocenters. The van der Waals surface area contributed by atoms with E-state index >= 15 is 0 Å². The first-order valence-corrected chi connectivity index (χ1v) is 10.3. The molecule has 0 radical (unpaired) electrons. The minimum absolute atomic E-state index is 0.158. The molecule has 148 valence electrons. The zero-order chi connectivity index (χ0) is 19.8. The van der Waals surface area contributed by atoms with Crippen LogP contribution in [0.1, 0.15) is 12.0 Å². The molecule has 2 aromatic rings. The molecule has 28 heavy (non-hydrogen) atoms. The average molecular weight is 446 g/mol. The average Bonchev–Trinajstić information content (AvgIpc) is 2.70. The van der Waals surface area contributed by atoms with E-state index in [0.29, 0.717) is 17.4 Å². The van der Waals surface area contributed by atoms with Crippen molar-refractivity contribution in [3.05, 3.63) is 70.5 Å². The fraction of sp³-hybridized carbons (Fsp3) is 0.318. The maximum Gasteiger partial charge on any atom is 0.225 e. The highest BCUT2D eigenvalue weighted by Gasteiger charge is 2.17. The molecule has 1 amide bonds. The summed E-state index contributed by atoms with van der Waals surface area (Å²) in [7, 11) is 0. The molecule has 1 aliphatic rings. The van der Waals surface area contributed by atoms with Gasteiger partial charge in [0.2, 0.25) is 5.91 Å². The van der Waals surface area contributed by atoms with Crippen LogP contribution in [0.5, 0.6) is 0 Å². The molecule has 0 aromatic heterocycles. The molecular weight excluding hydrogens is 421 g/mol. The number of benzene rings is 2. The smallest absolute Gasteiger partial charge is 0.225 e. The van der Waals surface area contributed by atoms with Crippen LogP contribution < -0.4 is 5.32 Å². The molecule has 1 N–H and O–H groups in total. The third-order valence-electron chi connectivity index (χ3n) is 4.80. The van der Waals surface area contributed by atoms with Crippen LogP contribution in [0.2, 0.25) is 0 Å². The van der Waals surface area contributed by atoms with Crippen molar-refractivity contribution < 1.29 is 9.18 Å². The topological polar surface area (TPSA) is 35.6 Å². The number of piperazine rings is 1. The molecule has 0 saturated carbocycles. The van der Waals surface area contributed by atoms with Crippen LogP contribution in [0.15, 0.2) is 59.1 Å². The molecule has 1 heterocycles.